The summed E-state index contributed by atoms with van der Waals surface area (Å²) in [5, 5.41) is 12.3. The van der Waals surface area contributed by atoms with E-state index in [-0.39, 0.29) is 16.5 Å². The van der Waals surface area contributed by atoms with Crippen LogP contribution in [0.1, 0.15) is 21.6 Å². The average Bonchev–Trinajstić information content (AvgIpc) is 2.64. The Balaban J connectivity index is 2.53. The van der Waals surface area contributed by atoms with Gasteiger partial charge >= 0.3 is 5.97 Å². The van der Waals surface area contributed by atoms with Crippen LogP contribution in [-0.4, -0.2) is 16.2 Å². The van der Waals surface area contributed by atoms with Crippen LogP contribution >= 0.6 is 11.6 Å². The fraction of sp³-hybridized carbons (Fsp3) is 0.167. The molecule has 0 unspecified atom stereocenters. The molecule has 1 aromatic heterocycles. The Hall–Kier alpha value is -1.81. The van der Waals surface area contributed by atoms with Gasteiger partial charge in [-0.15, -0.1) is 0 Å². The Labute approximate surface area is 103 Å². The number of carbonyl (C=O) groups is 1. The molecule has 0 saturated carbocycles. The van der Waals surface area contributed by atoms with Gasteiger partial charge in [-0.2, -0.15) is 0 Å². The molecule has 88 valence electrons. The van der Waals surface area contributed by atoms with E-state index in [2.05, 4.69) is 5.16 Å². The summed E-state index contributed by atoms with van der Waals surface area (Å²) in [5.74, 6) is -0.916. The van der Waals surface area contributed by atoms with Crippen LogP contribution in [0.4, 0.5) is 0 Å². The zero-order valence-electron chi connectivity index (χ0n) is 9.32. The minimum atomic E-state index is -1.20. The smallest absolute Gasteiger partial charge is 0.359 e. The van der Waals surface area contributed by atoms with Crippen LogP contribution in [-0.2, 0) is 0 Å². The lowest BCUT2D eigenvalue weighted by Gasteiger charge is -2.02. The molecule has 2 rings (SSSR count). The highest BCUT2D eigenvalue weighted by molar-refractivity contribution is 6.35. The van der Waals surface area contributed by atoms with E-state index in [1.54, 1.807) is 0 Å². The third-order valence-corrected chi connectivity index (χ3v) is 2.96. The highest BCUT2D eigenvalue weighted by Crippen LogP contribution is 2.31. The minimum Gasteiger partial charge on any atom is -0.476 e. The van der Waals surface area contributed by atoms with Gasteiger partial charge < -0.3 is 9.63 Å². The van der Waals surface area contributed by atoms with Crippen LogP contribution in [0.2, 0.25) is 5.02 Å². The van der Waals surface area contributed by atoms with E-state index < -0.39 is 5.97 Å². The monoisotopic (exact) mass is 251 g/mol. The molecule has 0 radical (unpaired) electrons. The Bertz CT molecular complexity index is 589. The predicted molar refractivity (Wildman–Crippen MR) is 63.4 cm³/mol. The Morgan fingerprint density at radius 1 is 1.35 bits per heavy atom. The molecule has 1 heterocycles. The topological polar surface area (TPSA) is 63.3 Å². The fourth-order valence-corrected chi connectivity index (χ4v) is 1.73. The molecule has 0 atom stereocenters. The Morgan fingerprint density at radius 3 is 2.59 bits per heavy atom. The number of hydrogen-bond acceptors (Lipinski definition) is 3. The summed E-state index contributed by atoms with van der Waals surface area (Å²) in [4.78, 5) is 10.8. The number of hydrogen-bond donors (Lipinski definition) is 1. The van der Waals surface area contributed by atoms with Crippen LogP contribution in [0.5, 0.6) is 0 Å². The highest BCUT2D eigenvalue weighted by Gasteiger charge is 2.20. The van der Waals surface area contributed by atoms with Gasteiger partial charge in [0.2, 0.25) is 5.69 Å². The summed E-state index contributed by atoms with van der Waals surface area (Å²) >= 11 is 5.91. The van der Waals surface area contributed by atoms with Gasteiger partial charge in [-0.3, -0.25) is 0 Å². The van der Waals surface area contributed by atoms with Gasteiger partial charge in [0.25, 0.3) is 0 Å². The van der Waals surface area contributed by atoms with Crippen molar-refractivity contribution in [3.8, 4) is 11.3 Å². The first-order valence-corrected chi connectivity index (χ1v) is 5.34. The van der Waals surface area contributed by atoms with Gasteiger partial charge in [0.05, 0.1) is 0 Å². The molecule has 2 aromatic rings. The van der Waals surface area contributed by atoms with E-state index in [0.717, 1.165) is 16.7 Å². The van der Waals surface area contributed by atoms with Crippen molar-refractivity contribution in [3.63, 3.8) is 0 Å². The van der Waals surface area contributed by atoms with Crippen molar-refractivity contribution in [2.24, 2.45) is 0 Å². The van der Waals surface area contributed by atoms with E-state index in [4.69, 9.17) is 21.2 Å². The van der Waals surface area contributed by atoms with Gasteiger partial charge in [-0.05, 0) is 31.0 Å². The Kier molecular flexibility index (Phi) is 2.90. The maximum atomic E-state index is 10.8. The molecule has 1 aromatic carbocycles. The molecule has 0 fully saturated rings. The van der Waals surface area contributed by atoms with Crippen molar-refractivity contribution < 1.29 is 14.4 Å². The molecular formula is C12H10ClNO3. The molecule has 0 bridgehead atoms. The lowest BCUT2D eigenvalue weighted by molar-refractivity contribution is 0.0686. The van der Waals surface area contributed by atoms with Crippen molar-refractivity contribution in [2.45, 2.75) is 13.8 Å². The number of aromatic nitrogens is 1. The summed E-state index contributed by atoms with van der Waals surface area (Å²) < 4.78 is 4.97. The number of rotatable bonds is 2. The maximum Gasteiger partial charge on any atom is 0.359 e. The Morgan fingerprint density at radius 2 is 2.06 bits per heavy atom. The van der Waals surface area contributed by atoms with Gasteiger partial charge in [0.15, 0.2) is 5.76 Å². The third-order valence-electron chi connectivity index (χ3n) is 2.61. The summed E-state index contributed by atoms with van der Waals surface area (Å²) in [6.45, 7) is 3.95. The maximum absolute atomic E-state index is 10.8. The average molecular weight is 252 g/mol. The molecule has 0 amide bonds. The molecule has 0 aliphatic carbocycles. The number of nitrogens with zero attached hydrogens (tertiary/aromatic N) is 1. The molecular weight excluding hydrogens is 242 g/mol. The van der Waals surface area contributed by atoms with Crippen LogP contribution < -0.4 is 0 Å². The molecule has 0 saturated heterocycles. The second-order valence-electron chi connectivity index (χ2n) is 3.78. The molecule has 5 heteroatoms. The van der Waals surface area contributed by atoms with Crippen molar-refractivity contribution in [1.82, 2.24) is 5.16 Å². The summed E-state index contributed by atoms with van der Waals surface area (Å²) in [6, 6.07) is 5.62. The first-order valence-electron chi connectivity index (χ1n) is 4.97. The van der Waals surface area contributed by atoms with Gasteiger partial charge in [0, 0.05) is 5.56 Å². The predicted octanol–water partition coefficient (Wildman–Crippen LogP) is 3.31. The zero-order chi connectivity index (χ0) is 12.6. The number of aromatic carboxylic acids is 1. The first kappa shape index (κ1) is 11.7. The fourth-order valence-electron chi connectivity index (χ4n) is 1.47. The second-order valence-corrected chi connectivity index (χ2v) is 4.16. The second kappa shape index (κ2) is 4.22. The van der Waals surface area contributed by atoms with Crippen molar-refractivity contribution in [1.29, 1.82) is 0 Å². The summed E-state index contributed by atoms with van der Waals surface area (Å²) in [7, 11) is 0. The van der Waals surface area contributed by atoms with Crippen LogP contribution in [0.15, 0.2) is 22.7 Å². The normalized spacial score (nSPS) is 10.5. The largest absolute Gasteiger partial charge is 0.476 e. The summed E-state index contributed by atoms with van der Waals surface area (Å²) in [6.07, 6.45) is 0. The van der Waals surface area contributed by atoms with Crippen LogP contribution in [0, 0.1) is 13.8 Å². The van der Waals surface area contributed by atoms with Crippen LogP contribution in [0.3, 0.4) is 0 Å². The minimum absolute atomic E-state index is 0.0285. The zero-order valence-corrected chi connectivity index (χ0v) is 10.1. The molecule has 1 N–H and O–H groups in total. The van der Waals surface area contributed by atoms with E-state index in [1.165, 1.54) is 0 Å². The third kappa shape index (κ3) is 2.03. The van der Waals surface area contributed by atoms with Gasteiger partial charge in [0.1, 0.15) is 5.02 Å². The lowest BCUT2D eigenvalue weighted by atomic mass is 10.0. The number of benzene rings is 1. The van der Waals surface area contributed by atoms with E-state index >= 15 is 0 Å². The van der Waals surface area contributed by atoms with Crippen molar-refractivity contribution in [3.05, 3.63) is 40.0 Å². The molecule has 0 aliphatic rings. The highest BCUT2D eigenvalue weighted by atomic mass is 35.5. The quantitative estimate of drug-likeness (QED) is 0.889. The van der Waals surface area contributed by atoms with Crippen molar-refractivity contribution in [2.75, 3.05) is 0 Å². The SMILES string of the molecule is Cc1ccc(-c2onc(C(=O)O)c2Cl)cc1C. The van der Waals surface area contributed by atoms with Gasteiger partial charge in [-0.25, -0.2) is 4.79 Å². The van der Waals surface area contributed by atoms with Crippen LogP contribution in [0.25, 0.3) is 11.3 Å². The standard InChI is InChI=1S/C12H10ClNO3/c1-6-3-4-8(5-7(6)2)11-9(13)10(12(15)16)14-17-11/h3-5H,1-2H3,(H,15,16). The van der Waals surface area contributed by atoms with Crippen molar-refractivity contribution >= 4 is 17.6 Å². The molecule has 0 aliphatic heterocycles. The molecule has 17 heavy (non-hydrogen) atoms. The lowest BCUT2D eigenvalue weighted by Crippen LogP contribution is -1.96. The number of carboxylic acid groups (broad SMARTS) is 1. The summed E-state index contributed by atoms with van der Waals surface area (Å²) in [5.41, 5.74) is 2.67. The number of halogens is 1. The first-order chi connectivity index (χ1) is 8.00. The molecule has 0 spiro atoms. The van der Waals surface area contributed by atoms with E-state index in [9.17, 15) is 4.79 Å². The number of aryl methyl sites for hydroxylation is 2. The van der Waals surface area contributed by atoms with E-state index in [1.807, 2.05) is 32.0 Å². The van der Waals surface area contributed by atoms with E-state index in [0.29, 0.717) is 0 Å². The molecule has 4 nitrogen and oxygen atoms in total. The van der Waals surface area contributed by atoms with Gasteiger partial charge in [-0.1, -0.05) is 28.9 Å². The number of carboxylic acids is 1.